The Morgan fingerprint density at radius 1 is 1.16 bits per heavy atom. The van der Waals surface area contributed by atoms with Crippen molar-refractivity contribution in [1.82, 2.24) is 10.6 Å². The molecule has 0 fully saturated rings. The van der Waals surface area contributed by atoms with Gasteiger partial charge in [-0.15, -0.1) is 0 Å². The second-order valence-electron chi connectivity index (χ2n) is 4.51. The highest BCUT2D eigenvalue weighted by Crippen LogP contribution is 2.00. The van der Waals surface area contributed by atoms with Crippen LogP contribution >= 0.6 is 0 Å². The van der Waals surface area contributed by atoms with Gasteiger partial charge in [-0.2, -0.15) is 0 Å². The Morgan fingerprint density at radius 3 is 2.42 bits per heavy atom. The number of carbonyl (C=O) groups excluding carboxylic acids is 2. The van der Waals surface area contributed by atoms with Crippen molar-refractivity contribution >= 4 is 17.9 Å². The van der Waals surface area contributed by atoms with Gasteiger partial charge in [0, 0.05) is 25.4 Å². The van der Waals surface area contributed by atoms with E-state index < -0.39 is 5.97 Å². The average molecular weight is 273 g/mol. The van der Waals surface area contributed by atoms with Crippen LogP contribution in [0.2, 0.25) is 0 Å². The molecule has 0 saturated heterocycles. The number of nitrogens with two attached hydrogens (primary N) is 1. The van der Waals surface area contributed by atoms with Gasteiger partial charge in [-0.05, 0) is 32.6 Å². The van der Waals surface area contributed by atoms with E-state index in [2.05, 4.69) is 10.6 Å². The van der Waals surface area contributed by atoms with Crippen LogP contribution in [0.15, 0.2) is 0 Å². The fourth-order valence-electron chi connectivity index (χ4n) is 1.53. The number of carboxylic acid groups (broad SMARTS) is 1. The average Bonchev–Trinajstić information content (AvgIpc) is 2.27. The Balaban J connectivity index is 3.51. The topological polar surface area (TPSA) is 122 Å². The lowest BCUT2D eigenvalue weighted by Gasteiger charge is -2.14. The van der Waals surface area contributed by atoms with Gasteiger partial charge in [0.1, 0.15) is 0 Å². The van der Waals surface area contributed by atoms with Crippen molar-refractivity contribution in [3.63, 3.8) is 0 Å². The maximum absolute atomic E-state index is 11.4. The van der Waals surface area contributed by atoms with Crippen LogP contribution in [0.25, 0.3) is 0 Å². The smallest absolute Gasteiger partial charge is 0.314 e. The Bertz CT molecular complexity index is 307. The molecule has 0 aliphatic rings. The van der Waals surface area contributed by atoms with Gasteiger partial charge in [-0.1, -0.05) is 0 Å². The number of hydrogen-bond acceptors (Lipinski definition) is 3. The molecular formula is C12H23N3O4. The summed E-state index contributed by atoms with van der Waals surface area (Å²) in [4.78, 5) is 32.2. The Morgan fingerprint density at radius 2 is 1.84 bits per heavy atom. The Labute approximate surface area is 112 Å². The van der Waals surface area contributed by atoms with Crippen LogP contribution in [0, 0.1) is 0 Å². The molecule has 1 atom stereocenters. The molecule has 0 aromatic heterocycles. The molecule has 0 aliphatic carbocycles. The second kappa shape index (κ2) is 10.2. The minimum Gasteiger partial charge on any atom is -0.481 e. The molecule has 7 nitrogen and oxygen atoms in total. The predicted octanol–water partition coefficient (Wildman–Crippen LogP) is 0.585. The molecule has 0 saturated carbocycles. The third kappa shape index (κ3) is 12.5. The van der Waals surface area contributed by atoms with E-state index in [1.165, 1.54) is 0 Å². The first-order chi connectivity index (χ1) is 8.91. The number of hydrogen-bond donors (Lipinski definition) is 4. The van der Waals surface area contributed by atoms with Crippen LogP contribution in [0.5, 0.6) is 0 Å². The number of aliphatic carboxylic acids is 1. The summed E-state index contributed by atoms with van der Waals surface area (Å²) in [6, 6.07) is -0.341. The number of rotatable bonds is 10. The van der Waals surface area contributed by atoms with Crippen LogP contribution < -0.4 is 16.4 Å². The second-order valence-corrected chi connectivity index (χ2v) is 4.51. The molecule has 3 amide bonds. The summed E-state index contributed by atoms with van der Waals surface area (Å²) < 4.78 is 0. The molecule has 0 rings (SSSR count). The van der Waals surface area contributed by atoms with E-state index in [-0.39, 0.29) is 24.4 Å². The Hall–Kier alpha value is -1.79. The third-order valence-corrected chi connectivity index (χ3v) is 2.54. The zero-order valence-corrected chi connectivity index (χ0v) is 11.3. The molecule has 0 spiro atoms. The van der Waals surface area contributed by atoms with Crippen molar-refractivity contribution in [2.45, 2.75) is 51.5 Å². The van der Waals surface area contributed by atoms with Gasteiger partial charge >= 0.3 is 12.0 Å². The van der Waals surface area contributed by atoms with E-state index >= 15 is 0 Å². The van der Waals surface area contributed by atoms with Crippen molar-refractivity contribution in [2.75, 3.05) is 6.54 Å². The number of urea groups is 1. The SMILES string of the molecule is CC(CCCC(=O)O)NC(=O)NCCCCC(N)=O. The molecule has 0 bridgehead atoms. The normalized spacial score (nSPS) is 11.6. The quantitative estimate of drug-likeness (QED) is 0.435. The zero-order chi connectivity index (χ0) is 14.7. The zero-order valence-electron chi connectivity index (χ0n) is 11.3. The van der Waals surface area contributed by atoms with Gasteiger partial charge in [-0.25, -0.2) is 4.79 Å². The summed E-state index contributed by atoms with van der Waals surface area (Å²) in [5, 5.41) is 13.9. The lowest BCUT2D eigenvalue weighted by Crippen LogP contribution is -2.41. The highest BCUT2D eigenvalue weighted by molar-refractivity contribution is 5.74. The van der Waals surface area contributed by atoms with E-state index in [1.807, 2.05) is 6.92 Å². The summed E-state index contributed by atoms with van der Waals surface area (Å²) in [5.74, 6) is -1.16. The van der Waals surface area contributed by atoms with E-state index in [1.54, 1.807) is 0 Å². The van der Waals surface area contributed by atoms with Gasteiger partial charge < -0.3 is 21.5 Å². The number of nitrogens with one attached hydrogen (secondary N) is 2. The molecule has 19 heavy (non-hydrogen) atoms. The monoisotopic (exact) mass is 273 g/mol. The van der Waals surface area contributed by atoms with Crippen molar-refractivity contribution < 1.29 is 19.5 Å². The van der Waals surface area contributed by atoms with Gasteiger partial charge in [0.15, 0.2) is 0 Å². The van der Waals surface area contributed by atoms with Gasteiger partial charge in [0.2, 0.25) is 5.91 Å². The largest absolute Gasteiger partial charge is 0.481 e. The molecule has 0 radical (unpaired) electrons. The van der Waals surface area contributed by atoms with Crippen LogP contribution in [-0.4, -0.2) is 35.6 Å². The van der Waals surface area contributed by atoms with Gasteiger partial charge in [0.25, 0.3) is 0 Å². The first-order valence-electron chi connectivity index (χ1n) is 6.46. The van der Waals surface area contributed by atoms with Crippen LogP contribution in [0.1, 0.15) is 45.4 Å². The molecule has 1 unspecified atom stereocenters. The first-order valence-corrected chi connectivity index (χ1v) is 6.46. The summed E-state index contributed by atoms with van der Waals surface area (Å²) in [6.07, 6.45) is 2.96. The Kier molecular flexibility index (Phi) is 9.20. The number of carbonyl (C=O) groups is 3. The van der Waals surface area contributed by atoms with Crippen LogP contribution in [0.4, 0.5) is 4.79 Å². The van der Waals surface area contributed by atoms with E-state index in [9.17, 15) is 14.4 Å². The fraction of sp³-hybridized carbons (Fsp3) is 0.750. The van der Waals surface area contributed by atoms with E-state index in [4.69, 9.17) is 10.8 Å². The third-order valence-electron chi connectivity index (χ3n) is 2.54. The molecule has 0 aromatic rings. The summed E-state index contributed by atoms with van der Waals surface area (Å²) in [7, 11) is 0. The lowest BCUT2D eigenvalue weighted by atomic mass is 10.1. The maximum Gasteiger partial charge on any atom is 0.314 e. The molecule has 5 N–H and O–H groups in total. The molecule has 0 aliphatic heterocycles. The van der Waals surface area contributed by atoms with Crippen molar-refractivity contribution in [1.29, 1.82) is 0 Å². The summed E-state index contributed by atoms with van der Waals surface area (Å²) >= 11 is 0. The lowest BCUT2D eigenvalue weighted by molar-refractivity contribution is -0.137. The molecule has 0 heterocycles. The molecule has 7 heteroatoms. The van der Waals surface area contributed by atoms with Gasteiger partial charge in [0.05, 0.1) is 0 Å². The fourth-order valence-corrected chi connectivity index (χ4v) is 1.53. The minimum atomic E-state index is -0.828. The predicted molar refractivity (Wildman–Crippen MR) is 70.5 cm³/mol. The van der Waals surface area contributed by atoms with Crippen molar-refractivity contribution in [2.24, 2.45) is 5.73 Å². The number of amides is 3. The van der Waals surface area contributed by atoms with Crippen molar-refractivity contribution in [3.05, 3.63) is 0 Å². The van der Waals surface area contributed by atoms with E-state index in [0.29, 0.717) is 38.6 Å². The van der Waals surface area contributed by atoms with E-state index in [0.717, 1.165) is 0 Å². The van der Waals surface area contributed by atoms with Crippen LogP contribution in [0.3, 0.4) is 0 Å². The standard InChI is InChI=1S/C12H23N3O4/c1-9(5-4-7-11(17)18)15-12(19)14-8-3-2-6-10(13)16/h9H,2-8H2,1H3,(H2,13,16)(H,17,18)(H2,14,15,19). The molecular weight excluding hydrogens is 250 g/mol. The first kappa shape index (κ1) is 17.2. The number of primary amides is 1. The van der Waals surface area contributed by atoms with Gasteiger partial charge in [-0.3, -0.25) is 9.59 Å². The maximum atomic E-state index is 11.4. The van der Waals surface area contributed by atoms with Crippen molar-refractivity contribution in [3.8, 4) is 0 Å². The number of unbranched alkanes of at least 4 members (excludes halogenated alkanes) is 1. The summed E-state index contributed by atoms with van der Waals surface area (Å²) in [5.41, 5.74) is 4.99. The molecule has 110 valence electrons. The van der Waals surface area contributed by atoms with Crippen LogP contribution in [-0.2, 0) is 9.59 Å². The molecule has 0 aromatic carbocycles. The number of carboxylic acids is 1. The highest BCUT2D eigenvalue weighted by Gasteiger charge is 2.07. The minimum absolute atomic E-state index is 0.0648. The summed E-state index contributed by atoms with van der Waals surface area (Å²) in [6.45, 7) is 2.31. The highest BCUT2D eigenvalue weighted by atomic mass is 16.4.